The van der Waals surface area contributed by atoms with Crippen molar-refractivity contribution in [3.63, 3.8) is 0 Å². The molecule has 0 aromatic heterocycles. The van der Waals surface area contributed by atoms with E-state index in [9.17, 15) is 5.11 Å². The predicted molar refractivity (Wildman–Crippen MR) is 65.6 cm³/mol. The van der Waals surface area contributed by atoms with Crippen molar-refractivity contribution in [1.82, 2.24) is 9.80 Å². The molecule has 0 saturated carbocycles. The van der Waals surface area contributed by atoms with Crippen LogP contribution >= 0.6 is 0 Å². The summed E-state index contributed by atoms with van der Waals surface area (Å²) in [5.74, 6) is 0. The number of nitrogens with zero attached hydrogens (tertiary/aromatic N) is 2. The van der Waals surface area contributed by atoms with Gasteiger partial charge >= 0.3 is 0 Å². The van der Waals surface area contributed by atoms with Gasteiger partial charge in [-0.15, -0.1) is 0 Å². The van der Waals surface area contributed by atoms with Crippen LogP contribution in [0.15, 0.2) is 0 Å². The molecule has 0 aliphatic carbocycles. The molecule has 0 bridgehead atoms. The van der Waals surface area contributed by atoms with Gasteiger partial charge in [0.2, 0.25) is 0 Å². The summed E-state index contributed by atoms with van der Waals surface area (Å²) in [6.45, 7) is 11.7. The first-order valence-electron chi connectivity index (χ1n) is 6.10. The van der Waals surface area contributed by atoms with E-state index >= 15 is 0 Å². The van der Waals surface area contributed by atoms with Crippen LogP contribution in [0.3, 0.4) is 0 Å². The van der Waals surface area contributed by atoms with Crippen molar-refractivity contribution < 1.29 is 9.84 Å². The molecule has 0 radical (unpaired) electrons. The van der Waals surface area contributed by atoms with E-state index in [1.807, 2.05) is 13.8 Å². The molecule has 1 aliphatic rings. The van der Waals surface area contributed by atoms with Gasteiger partial charge in [0.05, 0.1) is 12.2 Å². The van der Waals surface area contributed by atoms with Crippen molar-refractivity contribution in [2.24, 2.45) is 0 Å². The molecule has 0 unspecified atom stereocenters. The SMILES string of the molecule is COCCN1CCN(CC(C)(C)O)C[C@@H]1C. The number of aliphatic hydroxyl groups is 1. The van der Waals surface area contributed by atoms with E-state index in [0.717, 1.165) is 39.3 Å². The number of hydrogen-bond donors (Lipinski definition) is 1. The molecular formula is C12H26N2O2. The summed E-state index contributed by atoms with van der Waals surface area (Å²) in [5.41, 5.74) is -0.589. The molecule has 0 spiro atoms. The minimum absolute atomic E-state index is 0.547. The van der Waals surface area contributed by atoms with Crippen LogP contribution in [0.2, 0.25) is 0 Å². The molecule has 96 valence electrons. The molecule has 1 aliphatic heterocycles. The van der Waals surface area contributed by atoms with Crippen molar-refractivity contribution in [3.8, 4) is 0 Å². The number of piperazine rings is 1. The van der Waals surface area contributed by atoms with Gasteiger partial charge in [0.1, 0.15) is 0 Å². The van der Waals surface area contributed by atoms with E-state index < -0.39 is 5.60 Å². The number of β-amino-alcohol motifs (C(OH)–C–C–N with tert-alkyl or cyclic N) is 1. The predicted octanol–water partition coefficient (Wildman–Crippen LogP) is 0.410. The van der Waals surface area contributed by atoms with Gasteiger partial charge in [0.25, 0.3) is 0 Å². The summed E-state index contributed by atoms with van der Waals surface area (Å²) in [4.78, 5) is 4.79. The highest BCUT2D eigenvalue weighted by molar-refractivity contribution is 4.82. The van der Waals surface area contributed by atoms with E-state index in [1.54, 1.807) is 7.11 Å². The second-order valence-corrected chi connectivity index (χ2v) is 5.43. The number of hydrogen-bond acceptors (Lipinski definition) is 4. The van der Waals surface area contributed by atoms with E-state index in [2.05, 4.69) is 16.7 Å². The van der Waals surface area contributed by atoms with Gasteiger partial charge in [-0.25, -0.2) is 0 Å². The Kier molecular flexibility index (Phi) is 5.18. The van der Waals surface area contributed by atoms with E-state index in [1.165, 1.54) is 0 Å². The van der Waals surface area contributed by atoms with Crippen LogP contribution in [-0.4, -0.2) is 73.0 Å². The van der Waals surface area contributed by atoms with Crippen molar-refractivity contribution in [2.75, 3.05) is 46.4 Å². The first-order chi connectivity index (χ1) is 7.42. The average Bonchev–Trinajstić information content (AvgIpc) is 2.14. The quantitative estimate of drug-likeness (QED) is 0.742. The number of rotatable bonds is 5. The molecule has 1 atom stereocenters. The summed E-state index contributed by atoms with van der Waals surface area (Å²) in [5, 5.41) is 9.79. The lowest BCUT2D eigenvalue weighted by atomic mass is 10.1. The zero-order chi connectivity index (χ0) is 12.2. The van der Waals surface area contributed by atoms with Crippen molar-refractivity contribution >= 4 is 0 Å². The Morgan fingerprint density at radius 3 is 2.56 bits per heavy atom. The fraction of sp³-hybridized carbons (Fsp3) is 1.00. The highest BCUT2D eigenvalue weighted by Gasteiger charge is 2.26. The fourth-order valence-corrected chi connectivity index (χ4v) is 2.30. The summed E-state index contributed by atoms with van der Waals surface area (Å²) < 4.78 is 5.11. The Hall–Kier alpha value is -0.160. The second-order valence-electron chi connectivity index (χ2n) is 5.43. The third-order valence-electron chi connectivity index (χ3n) is 3.04. The van der Waals surface area contributed by atoms with Crippen LogP contribution in [0.25, 0.3) is 0 Å². The summed E-state index contributed by atoms with van der Waals surface area (Å²) in [6, 6.07) is 0.547. The third kappa shape index (κ3) is 4.78. The van der Waals surface area contributed by atoms with Crippen LogP contribution < -0.4 is 0 Å². The smallest absolute Gasteiger partial charge is 0.0718 e. The van der Waals surface area contributed by atoms with E-state index in [0.29, 0.717) is 6.04 Å². The molecule has 1 heterocycles. The Morgan fingerprint density at radius 2 is 2.06 bits per heavy atom. The summed E-state index contributed by atoms with van der Waals surface area (Å²) >= 11 is 0. The van der Waals surface area contributed by atoms with E-state index in [-0.39, 0.29) is 0 Å². The maximum absolute atomic E-state index is 9.79. The van der Waals surface area contributed by atoms with Crippen molar-refractivity contribution in [2.45, 2.75) is 32.4 Å². The monoisotopic (exact) mass is 230 g/mol. The molecule has 1 saturated heterocycles. The topological polar surface area (TPSA) is 35.9 Å². The first kappa shape index (κ1) is 13.9. The molecule has 0 aromatic carbocycles. The Morgan fingerprint density at radius 1 is 1.38 bits per heavy atom. The summed E-state index contributed by atoms with van der Waals surface area (Å²) in [7, 11) is 1.75. The van der Waals surface area contributed by atoms with Gasteiger partial charge in [0, 0.05) is 45.9 Å². The molecule has 0 aromatic rings. The van der Waals surface area contributed by atoms with Gasteiger partial charge in [-0.05, 0) is 20.8 Å². The first-order valence-corrected chi connectivity index (χ1v) is 6.10. The molecule has 1 N–H and O–H groups in total. The van der Waals surface area contributed by atoms with Gasteiger partial charge in [-0.2, -0.15) is 0 Å². The zero-order valence-electron chi connectivity index (χ0n) is 11.1. The molecule has 4 nitrogen and oxygen atoms in total. The number of ether oxygens (including phenoxy) is 1. The molecule has 1 rings (SSSR count). The maximum atomic E-state index is 9.79. The van der Waals surface area contributed by atoms with Crippen molar-refractivity contribution in [1.29, 1.82) is 0 Å². The van der Waals surface area contributed by atoms with Gasteiger partial charge in [-0.1, -0.05) is 0 Å². The highest BCUT2D eigenvalue weighted by Crippen LogP contribution is 2.12. The molecule has 16 heavy (non-hydrogen) atoms. The van der Waals surface area contributed by atoms with Crippen LogP contribution in [-0.2, 0) is 4.74 Å². The maximum Gasteiger partial charge on any atom is 0.0718 e. The molecule has 4 heteroatoms. The van der Waals surface area contributed by atoms with Crippen LogP contribution in [0.4, 0.5) is 0 Å². The van der Waals surface area contributed by atoms with Crippen molar-refractivity contribution in [3.05, 3.63) is 0 Å². The van der Waals surface area contributed by atoms with Crippen LogP contribution in [0.5, 0.6) is 0 Å². The largest absolute Gasteiger partial charge is 0.389 e. The standard InChI is InChI=1S/C12H26N2O2/c1-11-9-13(10-12(2,3)15)5-6-14(11)7-8-16-4/h11,15H,5-10H2,1-4H3/t11-/m0/s1. The van der Waals surface area contributed by atoms with Gasteiger partial charge < -0.3 is 9.84 Å². The zero-order valence-corrected chi connectivity index (χ0v) is 11.1. The molecule has 0 amide bonds. The minimum atomic E-state index is -0.589. The van der Waals surface area contributed by atoms with Crippen LogP contribution in [0.1, 0.15) is 20.8 Å². The Labute approximate surface area is 99.2 Å². The van der Waals surface area contributed by atoms with E-state index in [4.69, 9.17) is 4.74 Å². The highest BCUT2D eigenvalue weighted by atomic mass is 16.5. The second kappa shape index (κ2) is 5.96. The van der Waals surface area contributed by atoms with Gasteiger partial charge in [-0.3, -0.25) is 9.80 Å². The average molecular weight is 230 g/mol. The molecular weight excluding hydrogens is 204 g/mol. The lowest BCUT2D eigenvalue weighted by molar-refractivity contribution is -0.00100. The normalized spacial score (nSPS) is 24.9. The fourth-order valence-electron chi connectivity index (χ4n) is 2.30. The Balaban J connectivity index is 2.33. The lowest BCUT2D eigenvalue weighted by Gasteiger charge is -2.41. The molecule has 1 fully saturated rings. The van der Waals surface area contributed by atoms with Crippen LogP contribution in [0, 0.1) is 0 Å². The lowest BCUT2D eigenvalue weighted by Crippen LogP contribution is -2.55. The number of methoxy groups -OCH3 is 1. The van der Waals surface area contributed by atoms with Gasteiger partial charge in [0.15, 0.2) is 0 Å². The minimum Gasteiger partial charge on any atom is -0.389 e. The Bertz CT molecular complexity index is 204. The third-order valence-corrected chi connectivity index (χ3v) is 3.04. The summed E-state index contributed by atoms with van der Waals surface area (Å²) in [6.07, 6.45) is 0.